The van der Waals surface area contributed by atoms with Crippen molar-refractivity contribution in [2.75, 3.05) is 18.5 Å². The number of carbonyl (C=O) groups excluding carboxylic acids is 1. The van der Waals surface area contributed by atoms with Crippen LogP contribution in [-0.2, 0) is 11.0 Å². The van der Waals surface area contributed by atoms with E-state index in [9.17, 15) is 28.0 Å². The number of carbonyl (C=O) groups is 2. The highest BCUT2D eigenvalue weighted by molar-refractivity contribution is 6.33. The summed E-state index contributed by atoms with van der Waals surface area (Å²) in [6.07, 6.45) is -3.83. The first-order valence-electron chi connectivity index (χ1n) is 10.3. The summed E-state index contributed by atoms with van der Waals surface area (Å²) < 4.78 is 44.4. The number of nitrogens with one attached hydrogen (secondary N) is 1. The molecule has 1 heterocycles. The van der Waals surface area contributed by atoms with E-state index in [1.165, 1.54) is 18.2 Å². The number of para-hydroxylation sites is 2. The van der Waals surface area contributed by atoms with Gasteiger partial charge in [0.1, 0.15) is 24.1 Å². The third-order valence-electron chi connectivity index (χ3n) is 4.96. The number of halogens is 4. The minimum Gasteiger partial charge on any atom is -0.489 e. The fraction of sp³-hybridized carbons (Fsp3) is 0.167. The van der Waals surface area contributed by atoms with Gasteiger partial charge in [-0.05, 0) is 36.4 Å². The third kappa shape index (κ3) is 6.29. The van der Waals surface area contributed by atoms with Crippen molar-refractivity contribution >= 4 is 29.0 Å². The number of carboxylic acid groups (broad SMARTS) is 1. The van der Waals surface area contributed by atoms with Crippen LogP contribution in [0, 0.1) is 11.3 Å². The number of nitrogens with zero attached hydrogens (tertiary/aromatic N) is 2. The first-order valence-corrected chi connectivity index (χ1v) is 10.6. The van der Waals surface area contributed by atoms with Gasteiger partial charge in [0.15, 0.2) is 5.78 Å². The lowest BCUT2D eigenvalue weighted by Gasteiger charge is -2.15. The maximum Gasteiger partial charge on any atom is 0.433 e. The van der Waals surface area contributed by atoms with E-state index in [0.717, 1.165) is 6.20 Å². The van der Waals surface area contributed by atoms with Gasteiger partial charge in [-0.25, -0.2) is 0 Å². The predicted molar refractivity (Wildman–Crippen MR) is 125 cm³/mol. The molecule has 36 heavy (non-hydrogen) atoms. The topological polar surface area (TPSA) is 138 Å². The van der Waals surface area contributed by atoms with Crippen LogP contribution in [0.5, 0.6) is 5.75 Å². The van der Waals surface area contributed by atoms with Crippen LogP contribution in [-0.4, -0.2) is 41.0 Å². The number of ether oxygens (including phenoxy) is 1. The number of carboxylic acids is 1. The average molecular weight is 519 g/mol. The van der Waals surface area contributed by atoms with Gasteiger partial charge in [-0.15, -0.1) is 0 Å². The monoisotopic (exact) mass is 518 g/mol. The van der Waals surface area contributed by atoms with E-state index in [1.807, 2.05) is 0 Å². The first kappa shape index (κ1) is 26.5. The van der Waals surface area contributed by atoms with Crippen molar-refractivity contribution in [1.82, 2.24) is 4.98 Å². The van der Waals surface area contributed by atoms with Crippen molar-refractivity contribution in [2.45, 2.75) is 12.2 Å². The molecule has 0 aliphatic carbocycles. The summed E-state index contributed by atoms with van der Waals surface area (Å²) in [5.74, 6) is -1.34. The maximum atomic E-state index is 13.0. The number of benzene rings is 2. The number of anilines is 1. The minimum atomic E-state index is -4.73. The Labute approximate surface area is 208 Å². The molecule has 3 rings (SSSR count). The lowest BCUT2D eigenvalue weighted by molar-refractivity contribution is -0.141. The second-order valence-corrected chi connectivity index (χ2v) is 7.86. The molecule has 0 fully saturated rings. The van der Waals surface area contributed by atoms with Crippen LogP contribution in [0.2, 0.25) is 5.02 Å². The van der Waals surface area contributed by atoms with Crippen molar-refractivity contribution in [3.05, 3.63) is 76.6 Å². The molecule has 1 unspecified atom stereocenters. The van der Waals surface area contributed by atoms with Crippen molar-refractivity contribution in [2.24, 2.45) is 5.73 Å². The van der Waals surface area contributed by atoms with Crippen LogP contribution in [0.1, 0.15) is 21.6 Å². The molecule has 1 aromatic heterocycles. The molecule has 0 aliphatic heterocycles. The molecule has 0 bridgehead atoms. The Morgan fingerprint density at radius 3 is 2.58 bits per heavy atom. The van der Waals surface area contributed by atoms with Crippen molar-refractivity contribution in [3.8, 4) is 22.9 Å². The Bertz CT molecular complexity index is 1340. The van der Waals surface area contributed by atoms with Gasteiger partial charge in [0.05, 0.1) is 23.9 Å². The van der Waals surface area contributed by atoms with Gasteiger partial charge in [0, 0.05) is 27.9 Å². The number of hydrogen-bond acceptors (Lipinski definition) is 7. The number of alkyl halides is 3. The Morgan fingerprint density at radius 2 is 1.92 bits per heavy atom. The quantitative estimate of drug-likeness (QED) is 0.355. The van der Waals surface area contributed by atoms with E-state index in [0.29, 0.717) is 11.8 Å². The molecule has 8 nitrogen and oxygen atoms in total. The molecule has 1 atom stereocenters. The third-order valence-corrected chi connectivity index (χ3v) is 5.28. The fourth-order valence-corrected chi connectivity index (χ4v) is 3.31. The zero-order valence-electron chi connectivity index (χ0n) is 18.3. The SMILES string of the molecule is N#Cc1cc(C(F)(F)F)ncc1-c1cc(C(=O)CNc2ccccc2OCC(N)C(=O)O)ccc1Cl. The standard InChI is InChI=1S/C24H18ClF3N4O4/c25-17-6-5-13(7-15(17)16-10-32-22(24(26,27)28)8-14(16)9-29)20(33)11-31-19-3-1-2-4-21(19)36-12-18(30)23(34)35/h1-8,10,18,31H,11-12,30H2,(H,34,35). The van der Waals surface area contributed by atoms with E-state index in [1.54, 1.807) is 30.3 Å². The Kier molecular flexibility index (Phi) is 8.14. The van der Waals surface area contributed by atoms with Gasteiger partial charge in [-0.3, -0.25) is 14.6 Å². The van der Waals surface area contributed by atoms with Crippen molar-refractivity contribution < 1.29 is 32.6 Å². The van der Waals surface area contributed by atoms with Gasteiger partial charge in [-0.2, -0.15) is 18.4 Å². The number of rotatable bonds is 9. The Hall–Kier alpha value is -4.14. The summed E-state index contributed by atoms with van der Waals surface area (Å²) in [4.78, 5) is 27.1. The molecule has 12 heteroatoms. The largest absolute Gasteiger partial charge is 0.489 e. The van der Waals surface area contributed by atoms with E-state index < -0.39 is 29.7 Å². The molecule has 2 aromatic carbocycles. The zero-order chi connectivity index (χ0) is 26.5. The molecule has 0 amide bonds. The Morgan fingerprint density at radius 1 is 1.19 bits per heavy atom. The number of aliphatic carboxylic acids is 1. The van der Waals surface area contributed by atoms with E-state index in [-0.39, 0.29) is 46.2 Å². The van der Waals surface area contributed by atoms with Gasteiger partial charge in [-0.1, -0.05) is 23.7 Å². The number of Topliss-reactive ketones (excluding diaryl/α,β-unsaturated/α-hetero) is 1. The zero-order valence-corrected chi connectivity index (χ0v) is 19.1. The normalized spacial score (nSPS) is 11.9. The summed E-state index contributed by atoms with van der Waals surface area (Å²) in [7, 11) is 0. The smallest absolute Gasteiger partial charge is 0.433 e. The highest BCUT2D eigenvalue weighted by Gasteiger charge is 2.33. The van der Waals surface area contributed by atoms with Gasteiger partial charge in [0.2, 0.25) is 0 Å². The van der Waals surface area contributed by atoms with Crippen molar-refractivity contribution in [3.63, 3.8) is 0 Å². The van der Waals surface area contributed by atoms with Crippen LogP contribution in [0.25, 0.3) is 11.1 Å². The van der Waals surface area contributed by atoms with E-state index in [4.69, 9.17) is 27.2 Å². The van der Waals surface area contributed by atoms with Crippen LogP contribution < -0.4 is 15.8 Å². The molecule has 0 saturated heterocycles. The fourth-order valence-electron chi connectivity index (χ4n) is 3.09. The molecular formula is C24H18ClF3N4O4. The van der Waals surface area contributed by atoms with Gasteiger partial charge < -0.3 is 20.9 Å². The first-order chi connectivity index (χ1) is 17.0. The molecular weight excluding hydrogens is 501 g/mol. The molecule has 3 aromatic rings. The number of nitriles is 1. The Balaban J connectivity index is 1.81. The average Bonchev–Trinajstić information content (AvgIpc) is 2.85. The summed E-state index contributed by atoms with van der Waals surface area (Å²) in [5, 5.41) is 21.3. The van der Waals surface area contributed by atoms with Crippen LogP contribution >= 0.6 is 11.6 Å². The highest BCUT2D eigenvalue weighted by Crippen LogP contribution is 2.34. The molecule has 0 spiro atoms. The lowest BCUT2D eigenvalue weighted by Crippen LogP contribution is -2.36. The molecule has 0 saturated carbocycles. The summed E-state index contributed by atoms with van der Waals surface area (Å²) >= 11 is 6.22. The van der Waals surface area contributed by atoms with E-state index >= 15 is 0 Å². The highest BCUT2D eigenvalue weighted by atomic mass is 35.5. The summed E-state index contributed by atoms with van der Waals surface area (Å²) in [5.41, 5.74) is 4.74. The summed E-state index contributed by atoms with van der Waals surface area (Å²) in [6, 6.07) is 11.8. The van der Waals surface area contributed by atoms with E-state index in [2.05, 4.69) is 10.3 Å². The second kappa shape index (κ2) is 11.1. The molecule has 0 radical (unpaired) electrons. The number of pyridine rings is 1. The van der Waals surface area contributed by atoms with Crippen LogP contribution in [0.4, 0.5) is 18.9 Å². The summed E-state index contributed by atoms with van der Waals surface area (Å²) in [6.45, 7) is -0.492. The van der Waals surface area contributed by atoms with Crippen LogP contribution in [0.3, 0.4) is 0 Å². The van der Waals surface area contributed by atoms with Crippen molar-refractivity contribution in [1.29, 1.82) is 5.26 Å². The van der Waals surface area contributed by atoms with Gasteiger partial charge >= 0.3 is 12.1 Å². The van der Waals surface area contributed by atoms with Gasteiger partial charge in [0.25, 0.3) is 0 Å². The number of hydrogen-bond donors (Lipinski definition) is 3. The minimum absolute atomic E-state index is 0.0478. The number of aromatic nitrogens is 1. The maximum absolute atomic E-state index is 13.0. The van der Waals surface area contributed by atoms with Crippen LogP contribution in [0.15, 0.2) is 54.7 Å². The number of nitrogens with two attached hydrogens (primary N) is 1. The molecule has 186 valence electrons. The molecule has 4 N–H and O–H groups in total. The lowest BCUT2D eigenvalue weighted by atomic mass is 9.98. The second-order valence-electron chi connectivity index (χ2n) is 7.45. The molecule has 0 aliphatic rings. The predicted octanol–water partition coefficient (Wildman–Crippen LogP) is 4.38. The number of ketones is 1.